The molecule has 1 aliphatic rings. The lowest BCUT2D eigenvalue weighted by Crippen LogP contribution is -2.46. The SMILES string of the molecule is Cc1nn(-c2ccc(Cl)c(Cl)c2)c(C)c1CC(=O)NC1CCCNC1. The third-order valence-corrected chi connectivity index (χ3v) is 5.33. The molecule has 25 heavy (non-hydrogen) atoms. The van der Waals surface area contributed by atoms with Gasteiger partial charge in [-0.1, -0.05) is 23.2 Å². The molecule has 1 aromatic heterocycles. The summed E-state index contributed by atoms with van der Waals surface area (Å²) in [7, 11) is 0. The fourth-order valence-corrected chi connectivity index (χ4v) is 3.51. The summed E-state index contributed by atoms with van der Waals surface area (Å²) in [5.41, 5.74) is 3.57. The molecular formula is C18H22Cl2N4O. The van der Waals surface area contributed by atoms with E-state index >= 15 is 0 Å². The van der Waals surface area contributed by atoms with E-state index in [2.05, 4.69) is 15.7 Å². The Hall–Kier alpha value is -1.56. The van der Waals surface area contributed by atoms with Gasteiger partial charge in [-0.15, -0.1) is 0 Å². The molecule has 1 atom stereocenters. The molecule has 0 aliphatic carbocycles. The zero-order valence-corrected chi connectivity index (χ0v) is 15.9. The maximum absolute atomic E-state index is 12.4. The molecule has 1 aliphatic heterocycles. The zero-order valence-electron chi connectivity index (χ0n) is 14.4. The smallest absolute Gasteiger partial charge is 0.224 e. The normalized spacial score (nSPS) is 17.5. The van der Waals surface area contributed by atoms with Crippen LogP contribution in [0.15, 0.2) is 18.2 Å². The standard InChI is InChI=1S/C18H22Cl2N4O/c1-11-15(9-18(25)22-13-4-3-7-21-10-13)12(2)24(23-11)14-5-6-16(19)17(20)8-14/h5-6,8,13,21H,3-4,7,9-10H2,1-2H3,(H,22,25). The molecule has 1 unspecified atom stereocenters. The maximum atomic E-state index is 12.4. The van der Waals surface area contributed by atoms with Crippen LogP contribution in [0.25, 0.3) is 5.69 Å². The highest BCUT2D eigenvalue weighted by Gasteiger charge is 2.19. The lowest BCUT2D eigenvalue weighted by Gasteiger charge is -2.23. The van der Waals surface area contributed by atoms with E-state index in [1.807, 2.05) is 24.6 Å². The quantitative estimate of drug-likeness (QED) is 0.855. The summed E-state index contributed by atoms with van der Waals surface area (Å²) in [5, 5.41) is 12.0. The van der Waals surface area contributed by atoms with Gasteiger partial charge in [0.05, 0.1) is 27.8 Å². The number of nitrogens with one attached hydrogen (secondary N) is 2. The Morgan fingerprint density at radius 2 is 2.16 bits per heavy atom. The highest BCUT2D eigenvalue weighted by atomic mass is 35.5. The second-order valence-corrected chi connectivity index (χ2v) is 7.26. The van der Waals surface area contributed by atoms with Crippen molar-refractivity contribution in [3.63, 3.8) is 0 Å². The fraction of sp³-hybridized carbons (Fsp3) is 0.444. The summed E-state index contributed by atoms with van der Waals surface area (Å²) in [6, 6.07) is 5.61. The lowest BCUT2D eigenvalue weighted by atomic mass is 10.1. The van der Waals surface area contributed by atoms with Crippen LogP contribution in [0, 0.1) is 13.8 Å². The van der Waals surface area contributed by atoms with Crippen molar-refractivity contribution >= 4 is 29.1 Å². The Morgan fingerprint density at radius 3 is 2.84 bits per heavy atom. The number of nitrogens with zero attached hydrogens (tertiary/aromatic N) is 2. The summed E-state index contributed by atoms with van der Waals surface area (Å²) < 4.78 is 1.81. The van der Waals surface area contributed by atoms with E-state index in [1.54, 1.807) is 12.1 Å². The van der Waals surface area contributed by atoms with Crippen molar-refractivity contribution in [2.24, 2.45) is 0 Å². The highest BCUT2D eigenvalue weighted by Crippen LogP contribution is 2.26. The minimum absolute atomic E-state index is 0.0357. The van der Waals surface area contributed by atoms with Crippen LogP contribution in [0.3, 0.4) is 0 Å². The van der Waals surface area contributed by atoms with Gasteiger partial charge in [-0.25, -0.2) is 4.68 Å². The van der Waals surface area contributed by atoms with E-state index in [0.717, 1.165) is 48.6 Å². The summed E-state index contributed by atoms with van der Waals surface area (Å²) in [4.78, 5) is 12.4. The van der Waals surface area contributed by atoms with Gasteiger partial charge in [-0.2, -0.15) is 5.10 Å². The molecule has 1 aromatic carbocycles. The van der Waals surface area contributed by atoms with Crippen molar-refractivity contribution in [3.8, 4) is 5.69 Å². The minimum atomic E-state index is 0.0357. The Balaban J connectivity index is 1.77. The van der Waals surface area contributed by atoms with Gasteiger partial charge in [0.1, 0.15) is 0 Å². The van der Waals surface area contributed by atoms with E-state index in [-0.39, 0.29) is 11.9 Å². The molecule has 134 valence electrons. The second kappa shape index (κ2) is 7.77. The number of amides is 1. The number of halogens is 2. The van der Waals surface area contributed by atoms with Gasteiger partial charge in [-0.3, -0.25) is 4.79 Å². The van der Waals surface area contributed by atoms with Crippen molar-refractivity contribution in [1.82, 2.24) is 20.4 Å². The first-order valence-electron chi connectivity index (χ1n) is 8.46. The number of piperidine rings is 1. The molecule has 7 heteroatoms. The molecule has 1 fully saturated rings. The van der Waals surface area contributed by atoms with Crippen LogP contribution in [0.2, 0.25) is 10.0 Å². The topological polar surface area (TPSA) is 59.0 Å². The third kappa shape index (κ3) is 4.17. The van der Waals surface area contributed by atoms with Gasteiger partial charge in [0.2, 0.25) is 5.91 Å². The molecule has 5 nitrogen and oxygen atoms in total. The van der Waals surface area contributed by atoms with Crippen molar-refractivity contribution in [3.05, 3.63) is 45.2 Å². The Morgan fingerprint density at radius 1 is 1.36 bits per heavy atom. The highest BCUT2D eigenvalue weighted by molar-refractivity contribution is 6.42. The number of carbonyl (C=O) groups excluding carboxylic acids is 1. The van der Waals surface area contributed by atoms with Crippen LogP contribution in [0.1, 0.15) is 29.8 Å². The van der Waals surface area contributed by atoms with Gasteiger partial charge < -0.3 is 10.6 Å². The molecule has 2 N–H and O–H groups in total. The predicted octanol–water partition coefficient (Wildman–Crippen LogP) is 3.21. The molecule has 2 heterocycles. The van der Waals surface area contributed by atoms with Gasteiger partial charge in [0.25, 0.3) is 0 Å². The average Bonchev–Trinajstić information content (AvgIpc) is 2.86. The molecule has 1 saturated heterocycles. The number of rotatable bonds is 4. The summed E-state index contributed by atoms with van der Waals surface area (Å²) in [5.74, 6) is 0.0357. The minimum Gasteiger partial charge on any atom is -0.352 e. The first kappa shape index (κ1) is 18.2. The largest absolute Gasteiger partial charge is 0.352 e. The number of hydrogen-bond donors (Lipinski definition) is 2. The van der Waals surface area contributed by atoms with E-state index < -0.39 is 0 Å². The molecule has 0 bridgehead atoms. The van der Waals surface area contributed by atoms with E-state index in [1.165, 1.54) is 0 Å². The van der Waals surface area contributed by atoms with Crippen LogP contribution in [-0.2, 0) is 11.2 Å². The van der Waals surface area contributed by atoms with Crippen LogP contribution in [0.4, 0.5) is 0 Å². The van der Waals surface area contributed by atoms with Crippen LogP contribution in [0.5, 0.6) is 0 Å². The lowest BCUT2D eigenvalue weighted by molar-refractivity contribution is -0.121. The number of hydrogen-bond acceptors (Lipinski definition) is 3. The Bertz CT molecular complexity index is 782. The molecular weight excluding hydrogens is 359 g/mol. The number of benzene rings is 1. The molecule has 0 saturated carbocycles. The number of aryl methyl sites for hydroxylation is 1. The molecule has 3 rings (SSSR count). The van der Waals surface area contributed by atoms with E-state index in [9.17, 15) is 4.79 Å². The summed E-state index contributed by atoms with van der Waals surface area (Å²) in [6.07, 6.45) is 2.45. The third-order valence-electron chi connectivity index (χ3n) is 4.59. The number of carbonyl (C=O) groups is 1. The van der Waals surface area contributed by atoms with Gasteiger partial charge in [0.15, 0.2) is 0 Å². The first-order valence-corrected chi connectivity index (χ1v) is 9.22. The maximum Gasteiger partial charge on any atom is 0.224 e. The average molecular weight is 381 g/mol. The first-order chi connectivity index (χ1) is 12.0. The van der Waals surface area contributed by atoms with Gasteiger partial charge in [-0.05, 0) is 51.4 Å². The molecule has 0 radical (unpaired) electrons. The molecule has 1 amide bonds. The van der Waals surface area contributed by atoms with Gasteiger partial charge in [0, 0.05) is 23.8 Å². The van der Waals surface area contributed by atoms with E-state index in [4.69, 9.17) is 23.2 Å². The zero-order chi connectivity index (χ0) is 18.0. The summed E-state index contributed by atoms with van der Waals surface area (Å²) in [6.45, 7) is 5.76. The van der Waals surface area contributed by atoms with Gasteiger partial charge >= 0.3 is 0 Å². The van der Waals surface area contributed by atoms with Crippen LogP contribution in [-0.4, -0.2) is 34.8 Å². The van der Waals surface area contributed by atoms with Crippen LogP contribution < -0.4 is 10.6 Å². The predicted molar refractivity (Wildman–Crippen MR) is 101 cm³/mol. The Labute approximate surface area is 157 Å². The van der Waals surface area contributed by atoms with Crippen LogP contribution >= 0.6 is 23.2 Å². The monoisotopic (exact) mass is 380 g/mol. The molecule has 2 aromatic rings. The van der Waals surface area contributed by atoms with Crippen molar-refractivity contribution in [1.29, 1.82) is 0 Å². The van der Waals surface area contributed by atoms with Crippen molar-refractivity contribution in [2.75, 3.05) is 13.1 Å². The summed E-state index contributed by atoms with van der Waals surface area (Å²) >= 11 is 12.1. The van der Waals surface area contributed by atoms with E-state index in [0.29, 0.717) is 16.5 Å². The van der Waals surface area contributed by atoms with Crippen molar-refractivity contribution in [2.45, 2.75) is 39.2 Å². The Kier molecular flexibility index (Phi) is 5.67. The number of aromatic nitrogens is 2. The second-order valence-electron chi connectivity index (χ2n) is 6.45. The molecule has 0 spiro atoms. The van der Waals surface area contributed by atoms with Crippen molar-refractivity contribution < 1.29 is 4.79 Å². The fourth-order valence-electron chi connectivity index (χ4n) is 3.21.